The van der Waals surface area contributed by atoms with Crippen LogP contribution in [0.4, 0.5) is 4.39 Å². The summed E-state index contributed by atoms with van der Waals surface area (Å²) in [5.74, 6) is -1.38. The first-order chi connectivity index (χ1) is 11.8. The molecule has 0 aliphatic heterocycles. The molecule has 1 saturated carbocycles. The zero-order chi connectivity index (χ0) is 18.0. The zero-order valence-corrected chi connectivity index (χ0v) is 14.9. The van der Waals surface area contributed by atoms with Crippen LogP contribution in [0.3, 0.4) is 0 Å². The lowest BCUT2D eigenvalue weighted by Gasteiger charge is -2.22. The molecule has 0 N–H and O–H groups in total. The Morgan fingerprint density at radius 2 is 1.68 bits per heavy atom. The number of carbonyl (C=O) groups is 1. The highest BCUT2D eigenvalue weighted by molar-refractivity contribution is 7.92. The maximum absolute atomic E-state index is 13.0. The summed E-state index contributed by atoms with van der Waals surface area (Å²) < 4.78 is 37.9. The van der Waals surface area contributed by atoms with Crippen molar-refractivity contribution in [3.63, 3.8) is 0 Å². The van der Waals surface area contributed by atoms with Gasteiger partial charge in [-0.05, 0) is 54.8 Å². The molecular weight excluding hydrogens is 365 g/mol. The summed E-state index contributed by atoms with van der Waals surface area (Å²) in [6.45, 7) is 0.278. The molecule has 2 aromatic rings. The molecule has 0 unspecified atom stereocenters. The van der Waals surface area contributed by atoms with E-state index in [1.54, 1.807) is 17.0 Å². The molecule has 1 fully saturated rings. The van der Waals surface area contributed by atoms with E-state index in [9.17, 15) is 17.6 Å². The summed E-state index contributed by atoms with van der Waals surface area (Å²) in [5, 5.41) is 0.432. The van der Waals surface area contributed by atoms with Crippen molar-refractivity contribution in [2.45, 2.75) is 30.3 Å². The summed E-state index contributed by atoms with van der Waals surface area (Å²) in [6.07, 6.45) is 1.71. The smallest absolute Gasteiger partial charge is 0.238 e. The van der Waals surface area contributed by atoms with Gasteiger partial charge in [0.25, 0.3) is 0 Å². The Hall–Kier alpha value is -1.92. The number of carbonyl (C=O) groups excluding carboxylic acids is 1. The van der Waals surface area contributed by atoms with Gasteiger partial charge >= 0.3 is 0 Å². The van der Waals surface area contributed by atoms with Gasteiger partial charge in [-0.15, -0.1) is 0 Å². The summed E-state index contributed by atoms with van der Waals surface area (Å²) in [4.78, 5) is 14.2. The molecule has 132 valence electrons. The number of nitrogens with zero attached hydrogens (tertiary/aromatic N) is 1. The molecule has 1 aliphatic rings. The quantitative estimate of drug-likeness (QED) is 0.770. The number of benzene rings is 2. The van der Waals surface area contributed by atoms with E-state index in [4.69, 9.17) is 11.6 Å². The molecule has 25 heavy (non-hydrogen) atoms. The maximum atomic E-state index is 13.0. The molecule has 7 heteroatoms. The molecule has 1 amide bonds. The minimum Gasteiger partial charge on any atom is -0.334 e. The molecule has 0 bridgehead atoms. The first kappa shape index (κ1) is 17.9. The molecule has 0 atom stereocenters. The van der Waals surface area contributed by atoms with Gasteiger partial charge in [0, 0.05) is 17.6 Å². The minimum atomic E-state index is -3.74. The van der Waals surface area contributed by atoms with E-state index >= 15 is 0 Å². The number of halogens is 2. The van der Waals surface area contributed by atoms with Gasteiger partial charge in [-0.25, -0.2) is 12.8 Å². The van der Waals surface area contributed by atoms with Crippen molar-refractivity contribution in [1.29, 1.82) is 0 Å². The van der Waals surface area contributed by atoms with Crippen LogP contribution in [0.5, 0.6) is 0 Å². The summed E-state index contributed by atoms with van der Waals surface area (Å²) in [6, 6.07) is 11.7. The normalized spacial score (nSPS) is 14.3. The molecule has 3 rings (SSSR count). The van der Waals surface area contributed by atoms with E-state index in [0.29, 0.717) is 5.02 Å². The molecular formula is C18H17ClFNO3S. The number of amides is 1. The average Bonchev–Trinajstić information content (AvgIpc) is 3.39. The van der Waals surface area contributed by atoms with Crippen molar-refractivity contribution in [2.24, 2.45) is 0 Å². The van der Waals surface area contributed by atoms with Crippen LogP contribution >= 0.6 is 11.6 Å². The molecule has 4 nitrogen and oxygen atoms in total. The van der Waals surface area contributed by atoms with Gasteiger partial charge in [-0.3, -0.25) is 4.79 Å². The first-order valence-electron chi connectivity index (χ1n) is 7.87. The van der Waals surface area contributed by atoms with E-state index in [-0.39, 0.29) is 23.3 Å². The maximum Gasteiger partial charge on any atom is 0.238 e. The number of hydrogen-bond donors (Lipinski definition) is 0. The van der Waals surface area contributed by atoms with Crippen LogP contribution in [-0.4, -0.2) is 31.0 Å². The first-order valence-corrected chi connectivity index (χ1v) is 9.90. The van der Waals surface area contributed by atoms with Gasteiger partial charge in [0.1, 0.15) is 11.6 Å². The van der Waals surface area contributed by atoms with Gasteiger partial charge in [-0.1, -0.05) is 23.7 Å². The summed E-state index contributed by atoms with van der Waals surface area (Å²) in [7, 11) is -3.74. The molecule has 0 heterocycles. The van der Waals surface area contributed by atoms with Gasteiger partial charge in [0.2, 0.25) is 5.91 Å². The van der Waals surface area contributed by atoms with Crippen LogP contribution in [0, 0.1) is 5.82 Å². The predicted molar refractivity (Wildman–Crippen MR) is 93.5 cm³/mol. The standard InChI is InChI=1S/C18H17ClFNO3S/c19-14-3-9-17(10-4-14)25(23,24)12-18(22)21(16-7-8-16)11-13-1-5-15(20)6-2-13/h1-6,9-10,16H,7-8,11-12H2. The van der Waals surface area contributed by atoms with Crippen LogP contribution in [0.1, 0.15) is 18.4 Å². The van der Waals surface area contributed by atoms with Crippen LogP contribution < -0.4 is 0 Å². The van der Waals surface area contributed by atoms with E-state index in [0.717, 1.165) is 18.4 Å². The zero-order valence-electron chi connectivity index (χ0n) is 13.4. The third-order valence-electron chi connectivity index (χ3n) is 4.06. The van der Waals surface area contributed by atoms with E-state index < -0.39 is 21.5 Å². The van der Waals surface area contributed by atoms with E-state index in [1.165, 1.54) is 36.4 Å². The lowest BCUT2D eigenvalue weighted by molar-refractivity contribution is -0.129. The molecule has 0 spiro atoms. The number of hydrogen-bond acceptors (Lipinski definition) is 3. The second kappa shape index (κ2) is 7.14. The lowest BCUT2D eigenvalue weighted by Crippen LogP contribution is -2.37. The highest BCUT2D eigenvalue weighted by atomic mass is 35.5. The second-order valence-electron chi connectivity index (χ2n) is 6.09. The van der Waals surface area contributed by atoms with Crippen molar-refractivity contribution in [3.05, 3.63) is 64.9 Å². The Morgan fingerprint density at radius 1 is 1.08 bits per heavy atom. The van der Waals surface area contributed by atoms with Gasteiger partial charge < -0.3 is 4.90 Å². The third-order valence-corrected chi connectivity index (χ3v) is 5.93. The molecule has 0 aromatic heterocycles. The molecule has 1 aliphatic carbocycles. The van der Waals surface area contributed by atoms with Crippen molar-refractivity contribution >= 4 is 27.3 Å². The third kappa shape index (κ3) is 4.58. The van der Waals surface area contributed by atoms with Crippen LogP contribution in [0.15, 0.2) is 53.4 Å². The van der Waals surface area contributed by atoms with Crippen molar-refractivity contribution in [3.8, 4) is 0 Å². The topological polar surface area (TPSA) is 54.5 Å². The summed E-state index contributed by atoms with van der Waals surface area (Å²) >= 11 is 5.77. The monoisotopic (exact) mass is 381 g/mol. The van der Waals surface area contributed by atoms with Gasteiger partial charge in [0.15, 0.2) is 9.84 Å². The molecule has 0 saturated heterocycles. The fourth-order valence-electron chi connectivity index (χ4n) is 2.56. The van der Waals surface area contributed by atoms with Crippen molar-refractivity contribution in [1.82, 2.24) is 4.90 Å². The Bertz CT molecular complexity index is 862. The fourth-order valence-corrected chi connectivity index (χ4v) is 3.90. The highest BCUT2D eigenvalue weighted by Gasteiger charge is 2.34. The fraction of sp³-hybridized carbons (Fsp3) is 0.278. The van der Waals surface area contributed by atoms with Crippen LogP contribution in [0.25, 0.3) is 0 Å². The van der Waals surface area contributed by atoms with Crippen molar-refractivity contribution in [2.75, 3.05) is 5.75 Å². The van der Waals surface area contributed by atoms with Crippen molar-refractivity contribution < 1.29 is 17.6 Å². The summed E-state index contributed by atoms with van der Waals surface area (Å²) in [5.41, 5.74) is 0.769. The number of sulfone groups is 1. The lowest BCUT2D eigenvalue weighted by atomic mass is 10.2. The Balaban J connectivity index is 1.74. The Labute approximate surface area is 151 Å². The molecule has 0 radical (unpaired) electrons. The van der Waals surface area contributed by atoms with Crippen LogP contribution in [-0.2, 0) is 21.2 Å². The predicted octanol–water partition coefficient (Wildman–Crippen LogP) is 3.44. The second-order valence-corrected chi connectivity index (χ2v) is 8.52. The molecule has 2 aromatic carbocycles. The highest BCUT2D eigenvalue weighted by Crippen LogP contribution is 2.29. The van der Waals surface area contributed by atoms with Crippen LogP contribution in [0.2, 0.25) is 5.02 Å². The van der Waals surface area contributed by atoms with E-state index in [1.807, 2.05) is 0 Å². The largest absolute Gasteiger partial charge is 0.334 e. The average molecular weight is 382 g/mol. The van der Waals surface area contributed by atoms with E-state index in [2.05, 4.69) is 0 Å². The minimum absolute atomic E-state index is 0.0537. The Kier molecular flexibility index (Phi) is 5.11. The number of rotatable bonds is 6. The van der Waals surface area contributed by atoms with Gasteiger partial charge in [-0.2, -0.15) is 0 Å². The Morgan fingerprint density at radius 3 is 2.24 bits per heavy atom. The SMILES string of the molecule is O=C(CS(=O)(=O)c1ccc(Cl)cc1)N(Cc1ccc(F)cc1)C1CC1. The van der Waals surface area contributed by atoms with Gasteiger partial charge in [0.05, 0.1) is 4.90 Å².